The maximum atomic E-state index is 12.6. The van der Waals surface area contributed by atoms with Gasteiger partial charge in [0, 0.05) is 38.9 Å². The van der Waals surface area contributed by atoms with Crippen molar-refractivity contribution in [1.29, 1.82) is 0 Å². The van der Waals surface area contributed by atoms with Crippen LogP contribution in [0, 0.1) is 0 Å². The van der Waals surface area contributed by atoms with Crippen LogP contribution in [0.1, 0.15) is 29.6 Å². The topological polar surface area (TPSA) is 108 Å². The van der Waals surface area contributed by atoms with Crippen LogP contribution in [0.25, 0.3) is 0 Å². The van der Waals surface area contributed by atoms with E-state index in [4.69, 9.17) is 4.74 Å². The van der Waals surface area contributed by atoms with E-state index in [0.29, 0.717) is 37.2 Å². The Hall–Kier alpha value is -3.10. The van der Waals surface area contributed by atoms with Crippen molar-refractivity contribution in [2.45, 2.75) is 25.0 Å². The molecule has 0 radical (unpaired) electrons. The number of nitrogens with zero attached hydrogens (tertiary/aromatic N) is 2. The number of rotatable bonds is 2. The van der Waals surface area contributed by atoms with E-state index in [1.54, 1.807) is 24.3 Å². The number of hydrogen-bond acceptors (Lipinski definition) is 5. The van der Waals surface area contributed by atoms with Crippen LogP contribution >= 0.6 is 0 Å². The zero-order chi connectivity index (χ0) is 19.7. The highest BCUT2D eigenvalue weighted by Crippen LogP contribution is 2.33. The first-order valence-electron chi connectivity index (χ1n) is 9.39. The quantitative estimate of drug-likeness (QED) is 0.711. The monoisotopic (exact) mass is 386 g/mol. The number of ether oxygens (including phenoxy) is 1. The van der Waals surface area contributed by atoms with Gasteiger partial charge in [0.25, 0.3) is 5.91 Å². The number of carbonyl (C=O) groups is 4. The van der Waals surface area contributed by atoms with Gasteiger partial charge in [-0.25, -0.2) is 0 Å². The van der Waals surface area contributed by atoms with Gasteiger partial charge in [-0.05, 0) is 12.1 Å². The Bertz CT molecular complexity index is 841. The molecule has 0 bridgehead atoms. The predicted molar refractivity (Wildman–Crippen MR) is 97.3 cm³/mol. The molecule has 3 heterocycles. The lowest BCUT2D eigenvalue weighted by Crippen LogP contribution is -2.56. The average molecular weight is 386 g/mol. The number of hydrogen-bond donors (Lipinski definition) is 2. The molecule has 2 N–H and O–H groups in total. The van der Waals surface area contributed by atoms with Crippen molar-refractivity contribution in [3.63, 3.8) is 0 Å². The van der Waals surface area contributed by atoms with Crippen LogP contribution in [0.5, 0.6) is 5.75 Å². The van der Waals surface area contributed by atoms with Crippen molar-refractivity contribution in [2.24, 2.45) is 0 Å². The molecule has 3 aliphatic rings. The molecular weight excluding hydrogens is 364 g/mol. The molecule has 2 saturated heterocycles. The lowest BCUT2D eigenvalue weighted by atomic mass is 10.0. The Labute approximate surface area is 162 Å². The van der Waals surface area contributed by atoms with Gasteiger partial charge < -0.3 is 25.2 Å². The zero-order valence-electron chi connectivity index (χ0n) is 15.4. The van der Waals surface area contributed by atoms with E-state index in [9.17, 15) is 19.2 Å². The van der Waals surface area contributed by atoms with Crippen LogP contribution in [-0.2, 0) is 14.4 Å². The SMILES string of the molecule is O=C1CN(C(=O)CN2CCC3(CCC2=O)NC(=O)c2ccccc2O3)CCN1. The Morgan fingerprint density at radius 2 is 1.96 bits per heavy atom. The fourth-order valence-electron chi connectivity index (χ4n) is 3.79. The summed E-state index contributed by atoms with van der Waals surface area (Å²) in [5, 5.41) is 5.57. The minimum Gasteiger partial charge on any atom is -0.467 e. The molecule has 0 aromatic heterocycles. The molecule has 1 unspecified atom stereocenters. The molecule has 1 spiro atoms. The summed E-state index contributed by atoms with van der Waals surface area (Å²) in [6.45, 7) is 1.08. The average Bonchev–Trinajstić information content (AvgIpc) is 2.82. The Morgan fingerprint density at radius 1 is 1.14 bits per heavy atom. The van der Waals surface area contributed by atoms with Crippen LogP contribution in [0.15, 0.2) is 24.3 Å². The van der Waals surface area contributed by atoms with Crippen molar-refractivity contribution in [1.82, 2.24) is 20.4 Å². The molecule has 1 atom stereocenters. The van der Waals surface area contributed by atoms with Crippen LogP contribution in [0.4, 0.5) is 0 Å². The van der Waals surface area contributed by atoms with Gasteiger partial charge in [0.1, 0.15) is 5.75 Å². The fraction of sp³-hybridized carbons (Fsp3) is 0.474. The number of piperazine rings is 1. The van der Waals surface area contributed by atoms with Gasteiger partial charge in [-0.3, -0.25) is 19.2 Å². The first-order valence-corrected chi connectivity index (χ1v) is 9.39. The number of nitrogens with one attached hydrogen (secondary N) is 2. The summed E-state index contributed by atoms with van der Waals surface area (Å²) in [7, 11) is 0. The first kappa shape index (κ1) is 18.3. The third-order valence-electron chi connectivity index (χ3n) is 5.38. The number of para-hydroxylation sites is 1. The molecule has 4 amide bonds. The zero-order valence-corrected chi connectivity index (χ0v) is 15.4. The van der Waals surface area contributed by atoms with Gasteiger partial charge in [-0.15, -0.1) is 0 Å². The summed E-state index contributed by atoms with van der Waals surface area (Å²) in [6.07, 6.45) is 0.880. The highest BCUT2D eigenvalue weighted by molar-refractivity contribution is 5.98. The van der Waals surface area contributed by atoms with E-state index >= 15 is 0 Å². The summed E-state index contributed by atoms with van der Waals surface area (Å²) >= 11 is 0. The third kappa shape index (κ3) is 3.51. The van der Waals surface area contributed by atoms with Gasteiger partial charge in [0.2, 0.25) is 17.7 Å². The number of likely N-dealkylation sites (tertiary alicyclic amines) is 1. The van der Waals surface area contributed by atoms with Crippen molar-refractivity contribution >= 4 is 23.6 Å². The van der Waals surface area contributed by atoms with E-state index in [0.717, 1.165) is 0 Å². The molecule has 148 valence electrons. The molecule has 2 fully saturated rings. The Morgan fingerprint density at radius 3 is 2.79 bits per heavy atom. The van der Waals surface area contributed by atoms with Crippen LogP contribution in [0.3, 0.4) is 0 Å². The van der Waals surface area contributed by atoms with E-state index in [2.05, 4.69) is 10.6 Å². The Balaban J connectivity index is 1.44. The molecule has 0 aliphatic carbocycles. The standard InChI is InChI=1S/C19H22N4O5/c24-15-11-23(10-8-20-15)17(26)12-22-9-7-19(6-5-16(22)25)21-18(27)13-3-1-2-4-14(13)28-19/h1-4H,5-12H2,(H,20,24)(H,21,27). The van der Waals surface area contributed by atoms with Gasteiger partial charge >= 0.3 is 0 Å². The number of fused-ring (bicyclic) bond motifs is 1. The summed E-state index contributed by atoms with van der Waals surface area (Å²) in [5.74, 6) is -0.333. The van der Waals surface area contributed by atoms with Gasteiger partial charge in [-0.2, -0.15) is 0 Å². The summed E-state index contributed by atoms with van der Waals surface area (Å²) in [4.78, 5) is 51.9. The number of benzene rings is 1. The first-order chi connectivity index (χ1) is 13.5. The van der Waals surface area contributed by atoms with Gasteiger partial charge in [0.05, 0.1) is 18.7 Å². The molecule has 0 saturated carbocycles. The second-order valence-electron chi connectivity index (χ2n) is 7.28. The van der Waals surface area contributed by atoms with Gasteiger partial charge in [-0.1, -0.05) is 12.1 Å². The minimum atomic E-state index is -0.954. The molecule has 9 heteroatoms. The summed E-state index contributed by atoms with van der Waals surface area (Å²) in [6, 6.07) is 7.00. The normalized spacial score (nSPS) is 24.8. The fourth-order valence-corrected chi connectivity index (χ4v) is 3.79. The lowest BCUT2D eigenvalue weighted by molar-refractivity contribution is -0.143. The molecule has 1 aromatic carbocycles. The van der Waals surface area contributed by atoms with E-state index in [1.165, 1.54) is 9.80 Å². The molecule has 3 aliphatic heterocycles. The smallest absolute Gasteiger partial charge is 0.258 e. The molecular formula is C19H22N4O5. The number of amides is 4. The van der Waals surface area contributed by atoms with Gasteiger partial charge in [0.15, 0.2) is 5.72 Å². The Kier molecular flexibility index (Phi) is 4.66. The van der Waals surface area contributed by atoms with Crippen LogP contribution in [0.2, 0.25) is 0 Å². The maximum absolute atomic E-state index is 12.6. The van der Waals surface area contributed by atoms with E-state index < -0.39 is 5.72 Å². The largest absolute Gasteiger partial charge is 0.467 e. The highest BCUT2D eigenvalue weighted by Gasteiger charge is 2.42. The lowest BCUT2D eigenvalue weighted by Gasteiger charge is -2.38. The van der Waals surface area contributed by atoms with Crippen molar-refractivity contribution < 1.29 is 23.9 Å². The third-order valence-corrected chi connectivity index (χ3v) is 5.38. The second kappa shape index (κ2) is 7.14. The second-order valence-corrected chi connectivity index (χ2v) is 7.28. The maximum Gasteiger partial charge on any atom is 0.258 e. The predicted octanol–water partition coefficient (Wildman–Crippen LogP) is -0.524. The van der Waals surface area contributed by atoms with Crippen LogP contribution in [-0.4, -0.2) is 71.9 Å². The van der Waals surface area contributed by atoms with E-state index in [1.807, 2.05) is 0 Å². The summed E-state index contributed by atoms with van der Waals surface area (Å²) in [5.41, 5.74) is -0.483. The van der Waals surface area contributed by atoms with Crippen molar-refractivity contribution in [3.05, 3.63) is 29.8 Å². The summed E-state index contributed by atoms with van der Waals surface area (Å²) < 4.78 is 6.08. The molecule has 4 rings (SSSR count). The minimum absolute atomic E-state index is 0.0146. The highest BCUT2D eigenvalue weighted by atomic mass is 16.5. The van der Waals surface area contributed by atoms with Crippen molar-refractivity contribution in [3.8, 4) is 5.75 Å². The molecule has 1 aromatic rings. The van der Waals surface area contributed by atoms with Crippen molar-refractivity contribution in [2.75, 3.05) is 32.7 Å². The molecule has 28 heavy (non-hydrogen) atoms. The van der Waals surface area contributed by atoms with E-state index in [-0.39, 0.29) is 49.7 Å². The number of carbonyl (C=O) groups excluding carboxylic acids is 4. The van der Waals surface area contributed by atoms with Crippen LogP contribution < -0.4 is 15.4 Å². The molecule has 9 nitrogen and oxygen atoms in total.